The molecule has 1 N–H and O–H groups in total. The lowest BCUT2D eigenvalue weighted by molar-refractivity contribution is -0.127. The Bertz CT molecular complexity index is 473. The van der Waals surface area contributed by atoms with Crippen LogP contribution < -0.4 is 10.1 Å². The van der Waals surface area contributed by atoms with Crippen LogP contribution in [0.3, 0.4) is 0 Å². The molecule has 0 saturated carbocycles. The summed E-state index contributed by atoms with van der Waals surface area (Å²) in [6, 6.07) is 6.19. The van der Waals surface area contributed by atoms with Crippen LogP contribution in [0, 0.1) is 0 Å². The molecule has 1 aromatic carbocycles. The van der Waals surface area contributed by atoms with Gasteiger partial charge in [0.05, 0.1) is 0 Å². The maximum Gasteiger partial charge on any atom is 0.260 e. The smallest absolute Gasteiger partial charge is 0.260 e. The number of amides is 1. The van der Waals surface area contributed by atoms with E-state index in [0.717, 1.165) is 25.0 Å². The van der Waals surface area contributed by atoms with Crippen LogP contribution >= 0.6 is 0 Å². The average molecular weight is 291 g/mol. The highest BCUT2D eigenvalue weighted by molar-refractivity contribution is 5.80. The van der Waals surface area contributed by atoms with E-state index < -0.39 is 6.10 Å². The summed E-state index contributed by atoms with van der Waals surface area (Å²) in [6.07, 6.45) is 5.12. The van der Waals surface area contributed by atoms with E-state index in [1.165, 1.54) is 24.0 Å². The van der Waals surface area contributed by atoms with Crippen LogP contribution in [0.4, 0.5) is 0 Å². The van der Waals surface area contributed by atoms with Gasteiger partial charge in [-0.05, 0) is 62.3 Å². The number of rotatable bonds is 7. The van der Waals surface area contributed by atoms with Crippen LogP contribution in [0.1, 0.15) is 37.3 Å². The molecule has 0 radical (unpaired) electrons. The minimum Gasteiger partial charge on any atom is -0.481 e. The van der Waals surface area contributed by atoms with Crippen LogP contribution in [-0.2, 0) is 22.4 Å². The van der Waals surface area contributed by atoms with Crippen LogP contribution in [0.15, 0.2) is 18.2 Å². The minimum atomic E-state index is -0.478. The molecule has 0 spiro atoms. The topological polar surface area (TPSA) is 47.6 Å². The lowest BCUT2D eigenvalue weighted by atomic mass is 9.92. The first-order valence-corrected chi connectivity index (χ1v) is 7.76. The van der Waals surface area contributed by atoms with Crippen molar-refractivity contribution in [1.82, 2.24) is 5.32 Å². The lowest BCUT2D eigenvalue weighted by Gasteiger charge is -2.19. The maximum absolute atomic E-state index is 11.9. The van der Waals surface area contributed by atoms with Gasteiger partial charge in [0, 0.05) is 20.3 Å². The second kappa shape index (κ2) is 8.03. The van der Waals surface area contributed by atoms with Gasteiger partial charge in [-0.25, -0.2) is 0 Å². The SMILES string of the molecule is COCCCNC(=O)C(C)Oc1ccc2c(c1)CCCC2. The van der Waals surface area contributed by atoms with Crippen molar-refractivity contribution < 1.29 is 14.3 Å². The number of ether oxygens (including phenoxy) is 2. The number of hydrogen-bond acceptors (Lipinski definition) is 3. The third kappa shape index (κ3) is 4.74. The zero-order chi connectivity index (χ0) is 15.1. The molecule has 116 valence electrons. The van der Waals surface area contributed by atoms with Gasteiger partial charge in [-0.2, -0.15) is 0 Å². The zero-order valence-corrected chi connectivity index (χ0v) is 13.0. The molecule has 0 aliphatic heterocycles. The van der Waals surface area contributed by atoms with E-state index >= 15 is 0 Å². The lowest BCUT2D eigenvalue weighted by Crippen LogP contribution is -2.37. The summed E-state index contributed by atoms with van der Waals surface area (Å²) >= 11 is 0. The van der Waals surface area contributed by atoms with Gasteiger partial charge in [0.1, 0.15) is 5.75 Å². The number of aryl methyl sites for hydroxylation is 2. The average Bonchev–Trinajstić information content (AvgIpc) is 2.51. The first-order valence-electron chi connectivity index (χ1n) is 7.76. The molecule has 0 saturated heterocycles. The molecular weight excluding hydrogens is 266 g/mol. The minimum absolute atomic E-state index is 0.0798. The van der Waals surface area contributed by atoms with Crippen molar-refractivity contribution in [2.24, 2.45) is 0 Å². The number of nitrogens with one attached hydrogen (secondary N) is 1. The highest BCUT2D eigenvalue weighted by Gasteiger charge is 2.15. The Morgan fingerprint density at radius 2 is 2.05 bits per heavy atom. The molecule has 4 nitrogen and oxygen atoms in total. The quantitative estimate of drug-likeness (QED) is 0.785. The number of benzene rings is 1. The summed E-state index contributed by atoms with van der Waals surface area (Å²) < 4.78 is 10.7. The molecule has 0 fully saturated rings. The monoisotopic (exact) mass is 291 g/mol. The third-order valence-electron chi connectivity index (χ3n) is 3.83. The first kappa shape index (κ1) is 15.8. The largest absolute Gasteiger partial charge is 0.481 e. The number of methoxy groups -OCH3 is 1. The number of carbonyl (C=O) groups is 1. The molecule has 0 heterocycles. The summed E-state index contributed by atoms with van der Waals surface area (Å²) in [5.41, 5.74) is 2.79. The third-order valence-corrected chi connectivity index (χ3v) is 3.83. The fourth-order valence-electron chi connectivity index (χ4n) is 2.61. The van der Waals surface area contributed by atoms with Crippen molar-refractivity contribution in [3.8, 4) is 5.75 Å². The Hall–Kier alpha value is -1.55. The van der Waals surface area contributed by atoms with Gasteiger partial charge in [-0.15, -0.1) is 0 Å². The molecule has 0 bridgehead atoms. The van der Waals surface area contributed by atoms with Gasteiger partial charge in [-0.3, -0.25) is 4.79 Å². The summed E-state index contributed by atoms with van der Waals surface area (Å²) in [6.45, 7) is 3.05. The molecule has 0 aromatic heterocycles. The molecule has 1 aromatic rings. The number of hydrogen-bond donors (Lipinski definition) is 1. The van der Waals surface area contributed by atoms with E-state index in [4.69, 9.17) is 9.47 Å². The van der Waals surface area contributed by atoms with E-state index in [1.54, 1.807) is 14.0 Å². The van der Waals surface area contributed by atoms with E-state index in [2.05, 4.69) is 17.4 Å². The molecule has 2 rings (SSSR count). The zero-order valence-electron chi connectivity index (χ0n) is 13.0. The number of carbonyl (C=O) groups excluding carboxylic acids is 1. The highest BCUT2D eigenvalue weighted by Crippen LogP contribution is 2.25. The molecule has 1 amide bonds. The summed E-state index contributed by atoms with van der Waals surface area (Å²) in [5.74, 6) is 0.707. The van der Waals surface area contributed by atoms with Gasteiger partial charge in [0.25, 0.3) is 5.91 Å². The normalized spacial score (nSPS) is 15.1. The van der Waals surface area contributed by atoms with E-state index in [0.29, 0.717) is 13.2 Å². The summed E-state index contributed by atoms with van der Waals surface area (Å²) in [7, 11) is 1.66. The first-order chi connectivity index (χ1) is 10.2. The van der Waals surface area contributed by atoms with Gasteiger partial charge in [0.2, 0.25) is 0 Å². The van der Waals surface area contributed by atoms with Gasteiger partial charge in [-0.1, -0.05) is 6.07 Å². The molecule has 1 atom stereocenters. The summed E-state index contributed by atoms with van der Waals surface area (Å²) in [5, 5.41) is 2.86. The Labute approximate surface area is 126 Å². The molecule has 1 aliphatic rings. The Balaban J connectivity index is 1.84. The Morgan fingerprint density at radius 1 is 1.29 bits per heavy atom. The van der Waals surface area contributed by atoms with Crippen molar-refractivity contribution in [3.05, 3.63) is 29.3 Å². The van der Waals surface area contributed by atoms with Crippen molar-refractivity contribution in [3.63, 3.8) is 0 Å². The van der Waals surface area contributed by atoms with Crippen molar-refractivity contribution in [2.45, 2.75) is 45.1 Å². The van der Waals surface area contributed by atoms with Gasteiger partial charge >= 0.3 is 0 Å². The van der Waals surface area contributed by atoms with Crippen LogP contribution in [0.25, 0.3) is 0 Å². The molecule has 1 aliphatic carbocycles. The molecule has 1 unspecified atom stereocenters. The predicted octanol–water partition coefficient (Wildman–Crippen LogP) is 2.49. The second-order valence-corrected chi connectivity index (χ2v) is 5.54. The predicted molar refractivity (Wildman–Crippen MR) is 82.7 cm³/mol. The van der Waals surface area contributed by atoms with Crippen molar-refractivity contribution >= 4 is 5.91 Å². The molecule has 21 heavy (non-hydrogen) atoms. The van der Waals surface area contributed by atoms with Gasteiger partial charge < -0.3 is 14.8 Å². The van der Waals surface area contributed by atoms with Gasteiger partial charge in [0.15, 0.2) is 6.10 Å². The van der Waals surface area contributed by atoms with Crippen LogP contribution in [-0.4, -0.2) is 32.3 Å². The van der Waals surface area contributed by atoms with Crippen LogP contribution in [0.5, 0.6) is 5.75 Å². The summed E-state index contributed by atoms with van der Waals surface area (Å²) in [4.78, 5) is 11.9. The Kier molecular flexibility index (Phi) is 6.05. The van der Waals surface area contributed by atoms with Crippen molar-refractivity contribution in [1.29, 1.82) is 0 Å². The van der Waals surface area contributed by atoms with E-state index in [9.17, 15) is 4.79 Å². The highest BCUT2D eigenvalue weighted by atomic mass is 16.5. The van der Waals surface area contributed by atoms with Crippen LogP contribution in [0.2, 0.25) is 0 Å². The van der Waals surface area contributed by atoms with E-state index in [-0.39, 0.29) is 5.91 Å². The van der Waals surface area contributed by atoms with Crippen molar-refractivity contribution in [2.75, 3.05) is 20.3 Å². The standard InChI is InChI=1S/C17H25NO3/c1-13(17(19)18-10-5-11-20-2)21-16-9-8-14-6-3-4-7-15(14)12-16/h8-9,12-13H,3-7,10-11H2,1-2H3,(H,18,19). The molecular formula is C17H25NO3. The van der Waals surface area contributed by atoms with E-state index in [1.807, 2.05) is 6.07 Å². The fraction of sp³-hybridized carbons (Fsp3) is 0.588. The fourth-order valence-corrected chi connectivity index (χ4v) is 2.61. The maximum atomic E-state index is 11.9. The number of fused-ring (bicyclic) bond motifs is 1. The molecule has 4 heteroatoms. The Morgan fingerprint density at radius 3 is 2.81 bits per heavy atom. The second-order valence-electron chi connectivity index (χ2n) is 5.54.